The minimum Gasteiger partial charge on any atom is -0.477 e. The molecule has 120 valence electrons. The molecule has 0 aliphatic heterocycles. The van der Waals surface area contributed by atoms with Crippen LogP contribution in [0.4, 0.5) is 11.4 Å². The zero-order valence-electron chi connectivity index (χ0n) is 12.6. The lowest BCUT2D eigenvalue weighted by Crippen LogP contribution is -2.21. The Balaban J connectivity index is 2.07. The van der Waals surface area contributed by atoms with Crippen LogP contribution >= 0.6 is 11.6 Å². The number of nitro benzene ring substituents is 1. The maximum Gasteiger partial charge on any atom is 0.312 e. The van der Waals surface area contributed by atoms with Gasteiger partial charge < -0.3 is 10.1 Å². The topological polar surface area (TPSA) is 81.5 Å². The van der Waals surface area contributed by atoms with E-state index in [1.807, 2.05) is 32.0 Å². The van der Waals surface area contributed by atoms with Crippen molar-refractivity contribution in [2.75, 3.05) is 11.9 Å². The van der Waals surface area contributed by atoms with E-state index >= 15 is 0 Å². The van der Waals surface area contributed by atoms with E-state index < -0.39 is 10.8 Å². The fourth-order valence-electron chi connectivity index (χ4n) is 2.09. The Bertz CT molecular complexity index is 741. The quantitative estimate of drug-likeness (QED) is 0.664. The number of amides is 1. The summed E-state index contributed by atoms with van der Waals surface area (Å²) in [6.45, 7) is 3.43. The van der Waals surface area contributed by atoms with Crippen LogP contribution in [0.1, 0.15) is 11.1 Å². The number of carbonyl (C=O) groups excluding carboxylic acids is 1. The van der Waals surface area contributed by atoms with Crippen LogP contribution in [0.3, 0.4) is 0 Å². The Kier molecular flexibility index (Phi) is 5.18. The molecule has 0 atom stereocenters. The van der Waals surface area contributed by atoms with Crippen LogP contribution in [-0.4, -0.2) is 17.4 Å². The number of nitrogens with zero attached hydrogens (tertiary/aromatic N) is 1. The van der Waals surface area contributed by atoms with Crippen LogP contribution in [0.2, 0.25) is 5.02 Å². The van der Waals surface area contributed by atoms with Crippen LogP contribution in [0.25, 0.3) is 0 Å². The highest BCUT2D eigenvalue weighted by molar-refractivity contribution is 6.30. The second kappa shape index (κ2) is 7.11. The van der Waals surface area contributed by atoms with Gasteiger partial charge in [-0.05, 0) is 37.1 Å². The van der Waals surface area contributed by atoms with Crippen molar-refractivity contribution >= 4 is 28.9 Å². The number of hydrogen-bond donors (Lipinski definition) is 1. The Hall–Kier alpha value is -2.60. The van der Waals surface area contributed by atoms with E-state index in [2.05, 4.69) is 5.32 Å². The molecule has 0 fully saturated rings. The first-order chi connectivity index (χ1) is 10.9. The van der Waals surface area contributed by atoms with Gasteiger partial charge in [-0.2, -0.15) is 0 Å². The number of rotatable bonds is 5. The lowest BCUT2D eigenvalue weighted by molar-refractivity contribution is -0.385. The predicted octanol–water partition coefficient (Wildman–Crippen LogP) is 3.88. The average Bonchev–Trinajstić information content (AvgIpc) is 2.49. The lowest BCUT2D eigenvalue weighted by Gasteiger charge is -2.12. The van der Waals surface area contributed by atoms with E-state index in [1.165, 1.54) is 18.2 Å². The summed E-state index contributed by atoms with van der Waals surface area (Å²) in [7, 11) is 0. The molecule has 1 N–H and O–H groups in total. The molecule has 0 saturated carbocycles. The van der Waals surface area contributed by atoms with Gasteiger partial charge in [-0.25, -0.2) is 0 Å². The highest BCUT2D eigenvalue weighted by Crippen LogP contribution is 2.29. The number of nitrogens with one attached hydrogen (secondary N) is 1. The van der Waals surface area contributed by atoms with E-state index in [-0.39, 0.29) is 23.1 Å². The fraction of sp³-hybridized carbons (Fsp3) is 0.188. The number of benzene rings is 2. The van der Waals surface area contributed by atoms with Gasteiger partial charge in [-0.3, -0.25) is 14.9 Å². The highest BCUT2D eigenvalue weighted by atomic mass is 35.5. The molecule has 0 heterocycles. The van der Waals surface area contributed by atoms with Crippen molar-refractivity contribution in [1.29, 1.82) is 0 Å². The third-order valence-electron chi connectivity index (χ3n) is 3.22. The average molecular weight is 335 g/mol. The van der Waals surface area contributed by atoms with Crippen molar-refractivity contribution in [1.82, 2.24) is 0 Å². The number of hydrogen-bond acceptors (Lipinski definition) is 4. The Morgan fingerprint density at radius 2 is 1.91 bits per heavy atom. The van der Waals surface area contributed by atoms with Crippen LogP contribution in [-0.2, 0) is 4.79 Å². The molecule has 2 rings (SSSR count). The number of anilines is 1. The van der Waals surface area contributed by atoms with Crippen LogP contribution in [0.5, 0.6) is 5.75 Å². The monoisotopic (exact) mass is 334 g/mol. The zero-order valence-corrected chi connectivity index (χ0v) is 13.4. The normalized spacial score (nSPS) is 10.2. The fourth-order valence-corrected chi connectivity index (χ4v) is 2.25. The highest BCUT2D eigenvalue weighted by Gasteiger charge is 2.17. The molecule has 0 aromatic heterocycles. The summed E-state index contributed by atoms with van der Waals surface area (Å²) in [5, 5.41) is 13.9. The van der Waals surface area contributed by atoms with E-state index in [0.29, 0.717) is 5.69 Å². The van der Waals surface area contributed by atoms with Crippen LogP contribution < -0.4 is 10.1 Å². The molecule has 0 aliphatic rings. The Labute approximate surface area is 138 Å². The number of para-hydroxylation sites is 1. The van der Waals surface area contributed by atoms with Crippen molar-refractivity contribution in [2.45, 2.75) is 13.8 Å². The molecule has 0 bridgehead atoms. The first kappa shape index (κ1) is 16.8. The van der Waals surface area contributed by atoms with Gasteiger partial charge in [0.1, 0.15) is 0 Å². The standard InChI is InChI=1S/C16H15ClN2O4/c1-10-4-3-5-11(2)16(10)18-15(20)9-23-14-7-6-12(17)8-13(14)19(21)22/h3-8H,9H2,1-2H3,(H,18,20). The number of aryl methyl sites for hydroxylation is 2. The maximum atomic E-state index is 12.0. The van der Waals surface area contributed by atoms with Crippen LogP contribution in [0.15, 0.2) is 36.4 Å². The van der Waals surface area contributed by atoms with Gasteiger partial charge >= 0.3 is 5.69 Å². The molecule has 1 amide bonds. The summed E-state index contributed by atoms with van der Waals surface area (Å²) in [5.41, 5.74) is 2.29. The molecule has 0 radical (unpaired) electrons. The van der Waals surface area contributed by atoms with E-state index in [1.54, 1.807) is 0 Å². The molecule has 2 aromatic rings. The number of nitro groups is 1. The molecule has 0 spiro atoms. The second-order valence-corrected chi connectivity index (χ2v) is 5.41. The third-order valence-corrected chi connectivity index (χ3v) is 3.46. The number of halogens is 1. The number of ether oxygens (including phenoxy) is 1. The van der Waals surface area contributed by atoms with Gasteiger partial charge in [0.25, 0.3) is 5.91 Å². The third kappa shape index (κ3) is 4.20. The molecule has 2 aromatic carbocycles. The van der Waals surface area contributed by atoms with Gasteiger partial charge in [-0.15, -0.1) is 0 Å². The van der Waals surface area contributed by atoms with Crippen molar-refractivity contribution in [3.63, 3.8) is 0 Å². The molecule has 6 nitrogen and oxygen atoms in total. The Morgan fingerprint density at radius 3 is 2.52 bits per heavy atom. The van der Waals surface area contributed by atoms with Crippen molar-refractivity contribution in [3.8, 4) is 5.75 Å². The lowest BCUT2D eigenvalue weighted by atomic mass is 10.1. The largest absolute Gasteiger partial charge is 0.477 e. The first-order valence-corrected chi connectivity index (χ1v) is 7.19. The van der Waals surface area contributed by atoms with Crippen molar-refractivity contribution < 1.29 is 14.5 Å². The SMILES string of the molecule is Cc1cccc(C)c1NC(=O)COc1ccc(Cl)cc1[N+](=O)[O-]. The number of carbonyl (C=O) groups is 1. The van der Waals surface area contributed by atoms with Gasteiger partial charge in [0.2, 0.25) is 0 Å². The molecule has 0 unspecified atom stereocenters. The molecular formula is C16H15ClN2O4. The minimum atomic E-state index is -0.607. The summed E-state index contributed by atoms with van der Waals surface area (Å²) < 4.78 is 5.25. The first-order valence-electron chi connectivity index (χ1n) is 6.81. The minimum absolute atomic E-state index is 0.00365. The maximum absolute atomic E-state index is 12.0. The summed E-state index contributed by atoms with van der Waals surface area (Å²) >= 11 is 5.73. The van der Waals surface area contributed by atoms with E-state index in [9.17, 15) is 14.9 Å². The van der Waals surface area contributed by atoms with E-state index in [0.717, 1.165) is 11.1 Å². The summed E-state index contributed by atoms with van der Waals surface area (Å²) in [6.07, 6.45) is 0. The van der Waals surface area contributed by atoms with E-state index in [4.69, 9.17) is 16.3 Å². The van der Waals surface area contributed by atoms with Crippen LogP contribution in [0, 0.1) is 24.0 Å². The molecule has 7 heteroatoms. The molecule has 23 heavy (non-hydrogen) atoms. The smallest absolute Gasteiger partial charge is 0.312 e. The van der Waals surface area contributed by atoms with Gasteiger partial charge in [-0.1, -0.05) is 29.8 Å². The van der Waals surface area contributed by atoms with Crippen molar-refractivity contribution in [3.05, 3.63) is 62.7 Å². The molecular weight excluding hydrogens is 320 g/mol. The van der Waals surface area contributed by atoms with Gasteiger partial charge in [0, 0.05) is 16.8 Å². The molecule has 0 aliphatic carbocycles. The second-order valence-electron chi connectivity index (χ2n) is 4.97. The van der Waals surface area contributed by atoms with Gasteiger partial charge in [0.15, 0.2) is 12.4 Å². The summed E-state index contributed by atoms with van der Waals surface area (Å²) in [4.78, 5) is 22.4. The van der Waals surface area contributed by atoms with Gasteiger partial charge in [0.05, 0.1) is 4.92 Å². The summed E-state index contributed by atoms with van der Waals surface area (Å²) in [6, 6.07) is 9.68. The molecule has 0 saturated heterocycles. The Morgan fingerprint density at radius 1 is 1.26 bits per heavy atom. The summed E-state index contributed by atoms with van der Waals surface area (Å²) in [5.74, 6) is -0.400. The van der Waals surface area contributed by atoms with Crippen molar-refractivity contribution in [2.24, 2.45) is 0 Å². The predicted molar refractivity (Wildman–Crippen MR) is 88.1 cm³/mol. The zero-order chi connectivity index (χ0) is 17.0.